The Morgan fingerprint density at radius 2 is 1.88 bits per heavy atom. The van der Waals surface area contributed by atoms with E-state index in [2.05, 4.69) is 4.98 Å². The standard InChI is InChI=1S/C13H12ClNO2/c1-9(16)10-2-7-13(15-8-10)17-12-5-3-11(14)4-6-12/h2-9,16H,1H3/t9-/m0/s1. The average molecular weight is 250 g/mol. The number of hydrogen-bond donors (Lipinski definition) is 1. The zero-order valence-corrected chi connectivity index (χ0v) is 10.1. The lowest BCUT2D eigenvalue weighted by Crippen LogP contribution is -1.93. The second kappa shape index (κ2) is 5.17. The van der Waals surface area contributed by atoms with E-state index in [4.69, 9.17) is 16.3 Å². The highest BCUT2D eigenvalue weighted by Gasteiger charge is 2.02. The number of aliphatic hydroxyl groups is 1. The summed E-state index contributed by atoms with van der Waals surface area (Å²) in [6.45, 7) is 1.69. The molecule has 1 aromatic carbocycles. The maximum atomic E-state index is 9.34. The molecule has 88 valence electrons. The van der Waals surface area contributed by atoms with E-state index in [1.807, 2.05) is 0 Å². The van der Waals surface area contributed by atoms with Crippen LogP contribution in [0.25, 0.3) is 0 Å². The number of aliphatic hydroxyl groups excluding tert-OH is 1. The summed E-state index contributed by atoms with van der Waals surface area (Å²) in [5.74, 6) is 1.16. The average Bonchev–Trinajstić information content (AvgIpc) is 2.33. The van der Waals surface area contributed by atoms with Crippen molar-refractivity contribution in [3.8, 4) is 11.6 Å². The first kappa shape index (κ1) is 11.9. The topological polar surface area (TPSA) is 42.4 Å². The second-order valence-electron chi connectivity index (χ2n) is 3.66. The number of aromatic nitrogens is 1. The molecule has 1 aromatic heterocycles. The Balaban J connectivity index is 2.11. The van der Waals surface area contributed by atoms with Crippen LogP contribution in [0, 0.1) is 0 Å². The monoisotopic (exact) mass is 249 g/mol. The van der Waals surface area contributed by atoms with Crippen LogP contribution >= 0.6 is 11.6 Å². The van der Waals surface area contributed by atoms with E-state index in [1.54, 1.807) is 49.5 Å². The second-order valence-corrected chi connectivity index (χ2v) is 4.10. The van der Waals surface area contributed by atoms with Crippen LogP contribution < -0.4 is 4.74 Å². The predicted molar refractivity (Wildman–Crippen MR) is 66.4 cm³/mol. The molecule has 0 unspecified atom stereocenters. The number of halogens is 1. The minimum absolute atomic E-state index is 0.483. The van der Waals surface area contributed by atoms with Crippen LogP contribution in [0.3, 0.4) is 0 Å². The number of pyridine rings is 1. The first-order valence-corrected chi connectivity index (χ1v) is 5.60. The molecule has 2 rings (SSSR count). The van der Waals surface area contributed by atoms with E-state index < -0.39 is 6.10 Å². The van der Waals surface area contributed by atoms with Crippen molar-refractivity contribution in [1.82, 2.24) is 4.98 Å². The summed E-state index contributed by atoms with van der Waals surface area (Å²) in [6.07, 6.45) is 1.07. The summed E-state index contributed by atoms with van der Waals surface area (Å²) in [5, 5.41) is 10.0. The molecule has 0 bridgehead atoms. The number of ether oxygens (including phenoxy) is 1. The molecule has 2 aromatic rings. The SMILES string of the molecule is C[C@H](O)c1ccc(Oc2ccc(Cl)cc2)nc1. The third kappa shape index (κ3) is 3.19. The Hall–Kier alpha value is -1.58. The Morgan fingerprint density at radius 3 is 2.41 bits per heavy atom. The molecule has 0 aliphatic carbocycles. The van der Waals surface area contributed by atoms with Crippen molar-refractivity contribution in [2.45, 2.75) is 13.0 Å². The van der Waals surface area contributed by atoms with Gasteiger partial charge in [-0.1, -0.05) is 11.6 Å². The minimum atomic E-state index is -0.521. The van der Waals surface area contributed by atoms with Gasteiger partial charge in [-0.25, -0.2) is 4.98 Å². The number of rotatable bonds is 3. The van der Waals surface area contributed by atoms with Crippen LogP contribution in [0.5, 0.6) is 11.6 Å². The van der Waals surface area contributed by atoms with Gasteiger partial charge < -0.3 is 9.84 Å². The summed E-state index contributed by atoms with van der Waals surface area (Å²) in [6, 6.07) is 10.5. The van der Waals surface area contributed by atoms with Gasteiger partial charge >= 0.3 is 0 Å². The largest absolute Gasteiger partial charge is 0.439 e. The third-order valence-electron chi connectivity index (χ3n) is 2.28. The van der Waals surface area contributed by atoms with Gasteiger partial charge in [0.2, 0.25) is 5.88 Å². The molecule has 3 nitrogen and oxygen atoms in total. The van der Waals surface area contributed by atoms with Gasteiger partial charge in [-0.2, -0.15) is 0 Å². The van der Waals surface area contributed by atoms with Crippen LogP contribution in [-0.2, 0) is 0 Å². The third-order valence-corrected chi connectivity index (χ3v) is 2.53. The molecule has 0 spiro atoms. The van der Waals surface area contributed by atoms with E-state index in [0.717, 1.165) is 5.56 Å². The fraction of sp³-hybridized carbons (Fsp3) is 0.154. The van der Waals surface area contributed by atoms with Crippen molar-refractivity contribution >= 4 is 11.6 Å². The van der Waals surface area contributed by atoms with E-state index in [-0.39, 0.29) is 0 Å². The molecule has 0 aliphatic heterocycles. The van der Waals surface area contributed by atoms with Gasteiger partial charge in [0.15, 0.2) is 0 Å². The summed E-state index contributed by atoms with van der Waals surface area (Å²) >= 11 is 5.77. The fourth-order valence-corrected chi connectivity index (χ4v) is 1.45. The van der Waals surface area contributed by atoms with Crippen LogP contribution in [0.1, 0.15) is 18.6 Å². The van der Waals surface area contributed by atoms with Gasteiger partial charge in [-0.15, -0.1) is 0 Å². The van der Waals surface area contributed by atoms with E-state index in [0.29, 0.717) is 16.7 Å². The van der Waals surface area contributed by atoms with Crippen molar-refractivity contribution in [2.75, 3.05) is 0 Å². The Kier molecular flexibility index (Phi) is 3.61. The Labute approximate surface area is 105 Å². The van der Waals surface area contributed by atoms with Gasteiger partial charge in [0, 0.05) is 17.3 Å². The molecule has 1 atom stereocenters. The summed E-state index contributed by atoms with van der Waals surface area (Å²) < 4.78 is 5.52. The van der Waals surface area contributed by atoms with Crippen LogP contribution in [0.2, 0.25) is 5.02 Å². The molecule has 0 amide bonds. The van der Waals surface area contributed by atoms with Gasteiger partial charge in [0.05, 0.1) is 6.10 Å². The lowest BCUT2D eigenvalue weighted by atomic mass is 10.2. The number of benzene rings is 1. The molecule has 0 aliphatic rings. The Morgan fingerprint density at radius 1 is 1.18 bits per heavy atom. The maximum Gasteiger partial charge on any atom is 0.219 e. The lowest BCUT2D eigenvalue weighted by molar-refractivity contribution is 0.198. The first-order chi connectivity index (χ1) is 8.15. The fourth-order valence-electron chi connectivity index (χ4n) is 1.32. The molecule has 1 heterocycles. The van der Waals surface area contributed by atoms with Crippen LogP contribution in [-0.4, -0.2) is 10.1 Å². The zero-order chi connectivity index (χ0) is 12.3. The molecular weight excluding hydrogens is 238 g/mol. The number of hydrogen-bond acceptors (Lipinski definition) is 3. The molecular formula is C13H12ClNO2. The van der Waals surface area contributed by atoms with Crippen molar-refractivity contribution in [3.05, 3.63) is 53.2 Å². The highest BCUT2D eigenvalue weighted by Crippen LogP contribution is 2.22. The molecule has 0 saturated carbocycles. The van der Waals surface area contributed by atoms with Gasteiger partial charge in [0.25, 0.3) is 0 Å². The zero-order valence-electron chi connectivity index (χ0n) is 9.30. The Bertz CT molecular complexity index is 480. The molecule has 0 fully saturated rings. The molecule has 1 N–H and O–H groups in total. The van der Waals surface area contributed by atoms with Crippen molar-refractivity contribution in [2.24, 2.45) is 0 Å². The van der Waals surface area contributed by atoms with E-state index in [9.17, 15) is 5.11 Å². The molecule has 17 heavy (non-hydrogen) atoms. The van der Waals surface area contributed by atoms with Gasteiger partial charge in [-0.05, 0) is 42.8 Å². The van der Waals surface area contributed by atoms with Gasteiger partial charge in [0.1, 0.15) is 5.75 Å². The predicted octanol–water partition coefficient (Wildman–Crippen LogP) is 3.58. The normalized spacial score (nSPS) is 12.2. The van der Waals surface area contributed by atoms with Crippen LogP contribution in [0.4, 0.5) is 0 Å². The minimum Gasteiger partial charge on any atom is -0.439 e. The van der Waals surface area contributed by atoms with Crippen molar-refractivity contribution in [1.29, 1.82) is 0 Å². The summed E-state index contributed by atoms with van der Waals surface area (Å²) in [4.78, 5) is 4.10. The van der Waals surface area contributed by atoms with E-state index >= 15 is 0 Å². The van der Waals surface area contributed by atoms with Crippen molar-refractivity contribution in [3.63, 3.8) is 0 Å². The summed E-state index contributed by atoms with van der Waals surface area (Å²) in [5.41, 5.74) is 0.758. The van der Waals surface area contributed by atoms with E-state index in [1.165, 1.54) is 0 Å². The lowest BCUT2D eigenvalue weighted by Gasteiger charge is -2.07. The highest BCUT2D eigenvalue weighted by molar-refractivity contribution is 6.30. The first-order valence-electron chi connectivity index (χ1n) is 5.22. The van der Waals surface area contributed by atoms with Gasteiger partial charge in [-0.3, -0.25) is 0 Å². The highest BCUT2D eigenvalue weighted by atomic mass is 35.5. The van der Waals surface area contributed by atoms with Crippen molar-refractivity contribution < 1.29 is 9.84 Å². The summed E-state index contributed by atoms with van der Waals surface area (Å²) in [7, 11) is 0. The smallest absolute Gasteiger partial charge is 0.219 e. The van der Waals surface area contributed by atoms with Crippen LogP contribution in [0.15, 0.2) is 42.6 Å². The molecule has 0 saturated heterocycles. The molecule has 4 heteroatoms. The molecule has 0 radical (unpaired) electrons. The quantitative estimate of drug-likeness (QED) is 0.904. The maximum absolute atomic E-state index is 9.34. The number of nitrogens with zero attached hydrogens (tertiary/aromatic N) is 1.